The zero-order chi connectivity index (χ0) is 17.8. The molecule has 0 aromatic heterocycles. The number of fused-ring (bicyclic) bond motifs is 1. The van der Waals surface area contributed by atoms with E-state index in [0.717, 1.165) is 12.8 Å². The average molecular weight is 339 g/mol. The summed E-state index contributed by atoms with van der Waals surface area (Å²) in [5, 5.41) is 22.0. The number of piperidine rings is 1. The standard InChI is InChI=1S/C16H25N3O5/c1-16(2)8-6-19(15(23)24)11(10(8)16)14(22)18-9(5-7-3-4-7)12(20)13(17)21/h7-12,20H,3-6H2,1-2H3,(H2,17,21)(H,18,22)(H,23,24)/t8-,9?,10?,11?,12?/m0/s1. The molecule has 0 aromatic rings. The van der Waals surface area contributed by atoms with Crippen molar-refractivity contribution in [1.82, 2.24) is 10.2 Å². The van der Waals surface area contributed by atoms with E-state index in [1.54, 1.807) is 0 Å². The first-order valence-electron chi connectivity index (χ1n) is 8.42. The number of primary amides is 1. The highest BCUT2D eigenvalue weighted by Crippen LogP contribution is 2.64. The van der Waals surface area contributed by atoms with E-state index < -0.39 is 36.1 Å². The minimum atomic E-state index is -1.46. The van der Waals surface area contributed by atoms with Crippen molar-refractivity contribution in [3.05, 3.63) is 0 Å². The highest BCUT2D eigenvalue weighted by atomic mass is 16.4. The Hall–Kier alpha value is -1.83. The van der Waals surface area contributed by atoms with Gasteiger partial charge in [-0.3, -0.25) is 14.5 Å². The van der Waals surface area contributed by atoms with E-state index in [2.05, 4.69) is 5.32 Å². The Balaban J connectivity index is 1.73. The predicted molar refractivity (Wildman–Crippen MR) is 83.8 cm³/mol. The molecule has 4 unspecified atom stereocenters. The van der Waals surface area contributed by atoms with E-state index in [4.69, 9.17) is 5.73 Å². The highest BCUT2D eigenvalue weighted by Gasteiger charge is 2.69. The minimum Gasteiger partial charge on any atom is -0.465 e. The van der Waals surface area contributed by atoms with Crippen molar-refractivity contribution >= 4 is 17.9 Å². The fourth-order valence-corrected chi connectivity index (χ4v) is 4.23. The summed E-state index contributed by atoms with van der Waals surface area (Å²) in [6.07, 6.45) is -0.0993. The van der Waals surface area contributed by atoms with Gasteiger partial charge in [-0.05, 0) is 29.6 Å². The monoisotopic (exact) mass is 339 g/mol. The number of nitrogens with one attached hydrogen (secondary N) is 1. The number of rotatable bonds is 6. The van der Waals surface area contributed by atoms with E-state index in [0.29, 0.717) is 18.9 Å². The van der Waals surface area contributed by atoms with Gasteiger partial charge < -0.3 is 21.3 Å². The summed E-state index contributed by atoms with van der Waals surface area (Å²) in [5.74, 6) is -0.810. The molecule has 5 N–H and O–H groups in total. The Kier molecular flexibility index (Phi) is 3.98. The van der Waals surface area contributed by atoms with Crippen molar-refractivity contribution in [2.45, 2.75) is 51.3 Å². The van der Waals surface area contributed by atoms with Crippen LogP contribution in [0, 0.1) is 23.2 Å². The van der Waals surface area contributed by atoms with Gasteiger partial charge >= 0.3 is 6.09 Å². The molecule has 3 amide bonds. The van der Waals surface area contributed by atoms with Crippen LogP contribution < -0.4 is 11.1 Å². The maximum atomic E-state index is 12.7. The van der Waals surface area contributed by atoms with Gasteiger partial charge in [-0.15, -0.1) is 0 Å². The summed E-state index contributed by atoms with van der Waals surface area (Å²) in [7, 11) is 0. The second kappa shape index (κ2) is 5.61. The minimum absolute atomic E-state index is 0.0269. The van der Waals surface area contributed by atoms with Gasteiger partial charge in [0.1, 0.15) is 6.04 Å². The van der Waals surface area contributed by atoms with Crippen LogP contribution >= 0.6 is 0 Å². The molecule has 5 atom stereocenters. The third-order valence-corrected chi connectivity index (χ3v) is 6.01. The summed E-state index contributed by atoms with van der Waals surface area (Å²) in [6, 6.07) is -1.54. The van der Waals surface area contributed by atoms with Crippen LogP contribution in [0.2, 0.25) is 0 Å². The van der Waals surface area contributed by atoms with Gasteiger partial charge in [0.15, 0.2) is 6.10 Å². The molecule has 2 saturated carbocycles. The van der Waals surface area contributed by atoms with Crippen LogP contribution in [0.4, 0.5) is 4.79 Å². The van der Waals surface area contributed by atoms with Gasteiger partial charge in [-0.1, -0.05) is 26.7 Å². The molecule has 1 saturated heterocycles. The Labute approximate surface area is 140 Å². The van der Waals surface area contributed by atoms with E-state index in [1.165, 1.54) is 4.90 Å². The van der Waals surface area contributed by atoms with Crippen LogP contribution in [0.1, 0.15) is 33.1 Å². The van der Waals surface area contributed by atoms with Gasteiger partial charge in [0, 0.05) is 6.54 Å². The summed E-state index contributed by atoms with van der Waals surface area (Å²) in [6.45, 7) is 4.40. The van der Waals surface area contributed by atoms with Crippen LogP contribution in [0.5, 0.6) is 0 Å². The zero-order valence-corrected chi connectivity index (χ0v) is 13.9. The lowest BCUT2D eigenvalue weighted by atomic mass is 9.99. The first-order chi connectivity index (χ1) is 11.1. The number of carbonyl (C=O) groups is 3. The predicted octanol–water partition coefficient (Wildman–Crippen LogP) is -0.248. The molecular weight excluding hydrogens is 314 g/mol. The number of carboxylic acid groups (broad SMARTS) is 1. The summed E-state index contributed by atoms with van der Waals surface area (Å²) < 4.78 is 0. The molecule has 0 spiro atoms. The fourth-order valence-electron chi connectivity index (χ4n) is 4.23. The maximum absolute atomic E-state index is 12.7. The smallest absolute Gasteiger partial charge is 0.407 e. The second-order valence-electron chi connectivity index (χ2n) is 7.97. The molecular formula is C16H25N3O5. The van der Waals surface area contributed by atoms with E-state index in [-0.39, 0.29) is 17.3 Å². The number of aliphatic hydroxyl groups excluding tert-OH is 1. The molecule has 3 rings (SSSR count). The number of nitrogens with zero attached hydrogens (tertiary/aromatic N) is 1. The molecule has 1 aliphatic heterocycles. The quantitative estimate of drug-likeness (QED) is 0.530. The molecule has 1 heterocycles. The molecule has 134 valence electrons. The van der Waals surface area contributed by atoms with Gasteiger partial charge in [0.2, 0.25) is 11.8 Å². The molecule has 0 bridgehead atoms. The maximum Gasteiger partial charge on any atom is 0.407 e. The normalized spacial score (nSPS) is 32.6. The number of nitrogens with two attached hydrogens (primary N) is 1. The molecule has 2 aliphatic carbocycles. The molecule has 0 radical (unpaired) electrons. The van der Waals surface area contributed by atoms with Crippen LogP contribution in [0.15, 0.2) is 0 Å². The molecule has 8 nitrogen and oxygen atoms in total. The number of hydrogen-bond acceptors (Lipinski definition) is 4. The van der Waals surface area contributed by atoms with Crippen LogP contribution in [-0.4, -0.2) is 57.8 Å². The summed E-state index contributed by atoms with van der Waals surface area (Å²) >= 11 is 0. The first kappa shape index (κ1) is 17.0. The first-order valence-corrected chi connectivity index (χ1v) is 8.42. The summed E-state index contributed by atoms with van der Waals surface area (Å²) in [5.41, 5.74) is 5.10. The van der Waals surface area contributed by atoms with Crippen molar-refractivity contribution in [2.24, 2.45) is 28.9 Å². The SMILES string of the molecule is CC1(C)C2C(C(=O)NC(CC3CC3)C(O)C(N)=O)N(C(=O)O)C[C@@H]21. The van der Waals surface area contributed by atoms with Crippen LogP contribution in [-0.2, 0) is 9.59 Å². The number of amides is 3. The second-order valence-corrected chi connectivity index (χ2v) is 7.97. The Morgan fingerprint density at radius 2 is 1.96 bits per heavy atom. The van der Waals surface area contributed by atoms with E-state index in [9.17, 15) is 24.6 Å². The van der Waals surface area contributed by atoms with Crippen molar-refractivity contribution in [3.8, 4) is 0 Å². The lowest BCUT2D eigenvalue weighted by Gasteiger charge is -2.30. The van der Waals surface area contributed by atoms with E-state index >= 15 is 0 Å². The fraction of sp³-hybridized carbons (Fsp3) is 0.812. The number of carbonyl (C=O) groups excluding carboxylic acids is 2. The van der Waals surface area contributed by atoms with Gasteiger partial charge in [-0.25, -0.2) is 4.79 Å². The number of hydrogen-bond donors (Lipinski definition) is 4. The van der Waals surface area contributed by atoms with Crippen molar-refractivity contribution < 1.29 is 24.6 Å². The lowest BCUT2D eigenvalue weighted by Crippen LogP contribution is -2.56. The number of likely N-dealkylation sites (tertiary alicyclic amines) is 1. The van der Waals surface area contributed by atoms with E-state index in [1.807, 2.05) is 13.8 Å². The van der Waals surface area contributed by atoms with Crippen LogP contribution in [0.25, 0.3) is 0 Å². The zero-order valence-electron chi connectivity index (χ0n) is 13.9. The van der Waals surface area contributed by atoms with Crippen molar-refractivity contribution in [2.75, 3.05) is 6.54 Å². The van der Waals surface area contributed by atoms with Crippen LogP contribution in [0.3, 0.4) is 0 Å². The van der Waals surface area contributed by atoms with Gasteiger partial charge in [0.25, 0.3) is 0 Å². The summed E-state index contributed by atoms with van der Waals surface area (Å²) in [4.78, 5) is 36.7. The molecule has 0 aromatic carbocycles. The van der Waals surface area contributed by atoms with Gasteiger partial charge in [-0.2, -0.15) is 0 Å². The molecule has 24 heavy (non-hydrogen) atoms. The average Bonchev–Trinajstić information content (AvgIpc) is 3.32. The van der Waals surface area contributed by atoms with Gasteiger partial charge in [0.05, 0.1) is 6.04 Å². The molecule has 3 aliphatic rings. The topological polar surface area (TPSA) is 133 Å². The third kappa shape index (κ3) is 2.83. The Morgan fingerprint density at radius 1 is 1.33 bits per heavy atom. The Morgan fingerprint density at radius 3 is 2.46 bits per heavy atom. The van der Waals surface area contributed by atoms with Crippen molar-refractivity contribution in [3.63, 3.8) is 0 Å². The molecule has 3 fully saturated rings. The third-order valence-electron chi connectivity index (χ3n) is 6.01. The largest absolute Gasteiger partial charge is 0.465 e. The lowest BCUT2D eigenvalue weighted by molar-refractivity contribution is -0.131. The Bertz CT molecular complexity index is 574. The molecule has 8 heteroatoms. The number of aliphatic hydroxyl groups is 1. The van der Waals surface area contributed by atoms with Crippen molar-refractivity contribution in [1.29, 1.82) is 0 Å². The highest BCUT2D eigenvalue weighted by molar-refractivity contribution is 5.88.